The maximum Gasteiger partial charge on any atom is 0.224 e. The molecule has 158 valence electrons. The molecule has 1 N–H and O–H groups in total. The molecule has 0 radical (unpaired) electrons. The molecule has 2 aromatic carbocycles. The number of nitrogens with zero attached hydrogens (tertiary/aromatic N) is 1. The Morgan fingerprint density at radius 3 is 2.63 bits per heavy atom. The topological polar surface area (TPSA) is 60.5 Å². The van der Waals surface area contributed by atoms with Gasteiger partial charge in [-0.2, -0.15) is 0 Å². The first kappa shape index (κ1) is 21.9. The maximum absolute atomic E-state index is 12.6. The Hall–Kier alpha value is -2.76. The number of pyridine rings is 1. The number of hydrogen-bond acceptors (Lipinski definition) is 4. The normalized spacial score (nSPS) is 11.0. The van der Waals surface area contributed by atoms with E-state index in [-0.39, 0.29) is 5.91 Å². The van der Waals surface area contributed by atoms with Gasteiger partial charge in [0.25, 0.3) is 0 Å². The average Bonchev–Trinajstić information content (AvgIpc) is 2.77. The summed E-state index contributed by atoms with van der Waals surface area (Å²) in [7, 11) is 1.49. The van der Waals surface area contributed by atoms with Crippen LogP contribution in [-0.2, 0) is 27.4 Å². The van der Waals surface area contributed by atoms with Crippen LogP contribution in [0.2, 0.25) is 0 Å². The highest BCUT2D eigenvalue weighted by Crippen LogP contribution is 2.33. The van der Waals surface area contributed by atoms with Crippen LogP contribution in [0.25, 0.3) is 22.0 Å². The number of amides is 1. The summed E-state index contributed by atoms with van der Waals surface area (Å²) in [5.74, 6) is 0.00528. The second kappa shape index (κ2) is 11.4. The molecule has 30 heavy (non-hydrogen) atoms. The number of para-hydroxylation sites is 1. The molecule has 5 nitrogen and oxygen atoms in total. The van der Waals surface area contributed by atoms with Crippen molar-refractivity contribution in [3.05, 3.63) is 65.9 Å². The van der Waals surface area contributed by atoms with Crippen LogP contribution >= 0.6 is 0 Å². The van der Waals surface area contributed by atoms with Gasteiger partial charge < -0.3 is 5.32 Å². The first-order chi connectivity index (χ1) is 14.7. The minimum absolute atomic E-state index is 0.00528. The van der Waals surface area contributed by atoms with Crippen LogP contribution in [0, 0.1) is 0 Å². The van der Waals surface area contributed by atoms with Crippen molar-refractivity contribution < 1.29 is 14.6 Å². The highest BCUT2D eigenvalue weighted by Gasteiger charge is 2.15. The van der Waals surface area contributed by atoms with Gasteiger partial charge in [0.15, 0.2) is 0 Å². The molecule has 1 aromatic heterocycles. The molecule has 0 aliphatic rings. The van der Waals surface area contributed by atoms with Crippen molar-refractivity contribution in [2.24, 2.45) is 0 Å². The van der Waals surface area contributed by atoms with Crippen molar-refractivity contribution in [2.45, 2.75) is 39.0 Å². The molecule has 3 aromatic rings. The molecule has 0 unspecified atom stereocenters. The third-order valence-electron chi connectivity index (χ3n) is 5.09. The highest BCUT2D eigenvalue weighted by atomic mass is 17.2. The standard InChI is InChI=1S/C25H30N2O3/c1-3-10-20-13-9-14-22-24(19-11-5-4-6-12-19)21(18-27-25(20)22)17-23(28)26-15-7-8-16-30-29-2/h4-6,9,11-14,18H,3,7-8,10,15-17H2,1-2H3,(H,26,28). The Morgan fingerprint density at radius 1 is 1.03 bits per heavy atom. The quantitative estimate of drug-likeness (QED) is 0.280. The summed E-state index contributed by atoms with van der Waals surface area (Å²) in [6.45, 7) is 3.32. The third-order valence-corrected chi connectivity index (χ3v) is 5.09. The van der Waals surface area contributed by atoms with Crippen molar-refractivity contribution in [3.63, 3.8) is 0 Å². The number of aryl methyl sites for hydroxylation is 1. The molecule has 0 spiro atoms. The van der Waals surface area contributed by atoms with Gasteiger partial charge in [-0.3, -0.25) is 9.78 Å². The molecular formula is C25H30N2O3. The van der Waals surface area contributed by atoms with Gasteiger partial charge in [-0.05, 0) is 41.5 Å². The van der Waals surface area contributed by atoms with Crippen LogP contribution in [-0.4, -0.2) is 31.2 Å². The Kier molecular flexibility index (Phi) is 8.36. The van der Waals surface area contributed by atoms with Gasteiger partial charge in [0.05, 0.1) is 25.7 Å². The van der Waals surface area contributed by atoms with Gasteiger partial charge >= 0.3 is 0 Å². The summed E-state index contributed by atoms with van der Waals surface area (Å²) in [5, 5.41) is 4.11. The predicted octanol–water partition coefficient (Wildman–Crippen LogP) is 4.87. The number of nitrogens with one attached hydrogen (secondary N) is 1. The van der Waals surface area contributed by atoms with Crippen molar-refractivity contribution in [2.75, 3.05) is 20.3 Å². The molecule has 0 bridgehead atoms. The van der Waals surface area contributed by atoms with E-state index in [4.69, 9.17) is 9.87 Å². The Morgan fingerprint density at radius 2 is 1.87 bits per heavy atom. The van der Waals surface area contributed by atoms with E-state index in [2.05, 4.69) is 47.5 Å². The van der Waals surface area contributed by atoms with E-state index >= 15 is 0 Å². The minimum Gasteiger partial charge on any atom is -0.356 e. The lowest BCUT2D eigenvalue weighted by atomic mass is 9.93. The summed E-state index contributed by atoms with van der Waals surface area (Å²) in [4.78, 5) is 26.8. The Balaban J connectivity index is 1.84. The number of unbranched alkanes of at least 4 members (excludes halogenated alkanes) is 1. The average molecular weight is 407 g/mol. The number of aromatic nitrogens is 1. The molecule has 0 saturated heterocycles. The smallest absolute Gasteiger partial charge is 0.224 e. The van der Waals surface area contributed by atoms with Gasteiger partial charge in [0.1, 0.15) is 0 Å². The number of carbonyl (C=O) groups excluding carboxylic acids is 1. The second-order valence-electron chi connectivity index (χ2n) is 7.31. The van der Waals surface area contributed by atoms with Crippen molar-refractivity contribution in [3.8, 4) is 11.1 Å². The molecular weight excluding hydrogens is 376 g/mol. The van der Waals surface area contributed by atoms with Crippen LogP contribution in [0.1, 0.15) is 37.3 Å². The number of carbonyl (C=O) groups is 1. The van der Waals surface area contributed by atoms with Crippen molar-refractivity contribution in [1.82, 2.24) is 10.3 Å². The van der Waals surface area contributed by atoms with Crippen LogP contribution < -0.4 is 5.32 Å². The molecule has 1 heterocycles. The molecule has 0 saturated carbocycles. The monoisotopic (exact) mass is 406 g/mol. The lowest BCUT2D eigenvalue weighted by molar-refractivity contribution is -0.272. The third kappa shape index (κ3) is 5.65. The summed E-state index contributed by atoms with van der Waals surface area (Å²) in [6.07, 6.45) is 5.92. The van der Waals surface area contributed by atoms with Crippen LogP contribution in [0.4, 0.5) is 0 Å². The van der Waals surface area contributed by atoms with Crippen LogP contribution in [0.5, 0.6) is 0 Å². The fraction of sp³-hybridized carbons (Fsp3) is 0.360. The Labute approximate surface area is 178 Å². The molecule has 0 atom stereocenters. The summed E-state index contributed by atoms with van der Waals surface area (Å²) in [5.41, 5.74) is 5.43. The van der Waals surface area contributed by atoms with Gasteiger partial charge in [-0.25, -0.2) is 9.78 Å². The minimum atomic E-state index is 0.00528. The lowest BCUT2D eigenvalue weighted by Crippen LogP contribution is -2.26. The fourth-order valence-corrected chi connectivity index (χ4v) is 3.71. The molecule has 3 rings (SSSR count). The van der Waals surface area contributed by atoms with E-state index in [1.807, 2.05) is 24.4 Å². The largest absolute Gasteiger partial charge is 0.356 e. The van der Waals surface area contributed by atoms with E-state index in [1.165, 1.54) is 12.7 Å². The predicted molar refractivity (Wildman–Crippen MR) is 120 cm³/mol. The van der Waals surface area contributed by atoms with Crippen molar-refractivity contribution >= 4 is 16.8 Å². The molecule has 0 fully saturated rings. The van der Waals surface area contributed by atoms with Gasteiger partial charge in [-0.15, -0.1) is 0 Å². The van der Waals surface area contributed by atoms with Gasteiger partial charge in [0, 0.05) is 18.1 Å². The van der Waals surface area contributed by atoms with Crippen molar-refractivity contribution in [1.29, 1.82) is 0 Å². The molecule has 5 heteroatoms. The first-order valence-electron chi connectivity index (χ1n) is 10.6. The fourth-order valence-electron chi connectivity index (χ4n) is 3.71. The summed E-state index contributed by atoms with van der Waals surface area (Å²) >= 11 is 0. The number of benzene rings is 2. The van der Waals surface area contributed by atoms with E-state index in [0.717, 1.165) is 53.3 Å². The lowest BCUT2D eigenvalue weighted by Gasteiger charge is -2.15. The summed E-state index contributed by atoms with van der Waals surface area (Å²) in [6, 6.07) is 16.6. The van der Waals surface area contributed by atoms with Gasteiger partial charge in [0.2, 0.25) is 5.91 Å². The van der Waals surface area contributed by atoms with E-state index in [0.29, 0.717) is 19.6 Å². The van der Waals surface area contributed by atoms with E-state index < -0.39 is 0 Å². The zero-order chi connectivity index (χ0) is 21.2. The molecule has 0 aliphatic carbocycles. The molecule has 0 aliphatic heterocycles. The SMILES string of the molecule is CCCc1cccc2c(-c3ccccc3)c(CC(=O)NCCCCOOC)cnc12. The van der Waals surface area contributed by atoms with E-state index in [1.54, 1.807) is 0 Å². The second-order valence-corrected chi connectivity index (χ2v) is 7.31. The Bertz CT molecular complexity index is 957. The zero-order valence-corrected chi connectivity index (χ0v) is 17.8. The first-order valence-corrected chi connectivity index (χ1v) is 10.6. The number of fused-ring (bicyclic) bond motifs is 1. The molecule has 1 amide bonds. The summed E-state index contributed by atoms with van der Waals surface area (Å²) < 4.78 is 0. The van der Waals surface area contributed by atoms with E-state index in [9.17, 15) is 4.79 Å². The number of rotatable bonds is 11. The van der Waals surface area contributed by atoms with Crippen LogP contribution in [0.15, 0.2) is 54.7 Å². The van der Waals surface area contributed by atoms with Crippen LogP contribution in [0.3, 0.4) is 0 Å². The highest BCUT2D eigenvalue weighted by molar-refractivity contribution is 5.98. The number of hydrogen-bond donors (Lipinski definition) is 1. The zero-order valence-electron chi connectivity index (χ0n) is 17.8. The van der Waals surface area contributed by atoms with Gasteiger partial charge in [-0.1, -0.05) is 61.9 Å². The maximum atomic E-state index is 12.6.